The highest BCUT2D eigenvalue weighted by molar-refractivity contribution is 5.15. The molecule has 0 saturated heterocycles. The van der Waals surface area contributed by atoms with E-state index in [2.05, 4.69) is 4.42 Å². The molecule has 1 aromatic rings. The second-order valence-electron chi connectivity index (χ2n) is 2.31. The van der Waals surface area contributed by atoms with E-state index in [4.69, 9.17) is 0 Å². The van der Waals surface area contributed by atoms with Gasteiger partial charge in [0.25, 0.3) is 0 Å². The summed E-state index contributed by atoms with van der Waals surface area (Å²) in [6.07, 6.45) is -2.13. The molecule has 0 spiro atoms. The Bertz CT molecular complexity index is 249. The predicted molar refractivity (Wildman–Crippen MR) is 37.4 cm³/mol. The SMILES string of the molecule is CC[CH]c1ccc(C(F)(F)F)o1. The first kappa shape index (κ1) is 9.16. The number of hydrogen-bond acceptors (Lipinski definition) is 1. The maximum atomic E-state index is 11.9. The molecule has 0 amide bonds. The molecule has 0 saturated carbocycles. The van der Waals surface area contributed by atoms with Crippen molar-refractivity contribution >= 4 is 0 Å². The van der Waals surface area contributed by atoms with E-state index < -0.39 is 11.9 Å². The summed E-state index contributed by atoms with van der Waals surface area (Å²) in [5.74, 6) is -0.674. The van der Waals surface area contributed by atoms with Crippen molar-refractivity contribution < 1.29 is 17.6 Å². The van der Waals surface area contributed by atoms with Crippen LogP contribution in [-0.4, -0.2) is 0 Å². The molecule has 1 rings (SSSR count). The number of hydrogen-bond donors (Lipinski definition) is 0. The lowest BCUT2D eigenvalue weighted by atomic mass is 10.3. The van der Waals surface area contributed by atoms with Gasteiger partial charge in [0, 0.05) is 6.42 Å². The van der Waals surface area contributed by atoms with Gasteiger partial charge in [0.05, 0.1) is 0 Å². The number of furan rings is 1. The first-order valence-electron chi connectivity index (χ1n) is 3.54. The van der Waals surface area contributed by atoms with Crippen LogP contribution in [0.3, 0.4) is 0 Å². The minimum Gasteiger partial charge on any atom is -0.456 e. The molecule has 1 aromatic heterocycles. The van der Waals surface area contributed by atoms with Crippen LogP contribution in [-0.2, 0) is 6.18 Å². The van der Waals surface area contributed by atoms with E-state index in [-0.39, 0.29) is 5.76 Å². The molecule has 0 aromatic carbocycles. The third-order valence-corrected chi connectivity index (χ3v) is 1.31. The maximum absolute atomic E-state index is 11.9. The third kappa shape index (κ3) is 2.03. The molecule has 0 aliphatic rings. The average molecular weight is 177 g/mol. The smallest absolute Gasteiger partial charge is 0.449 e. The Hall–Kier alpha value is -0.930. The Labute approximate surface area is 68.2 Å². The normalized spacial score (nSPS) is 12.0. The van der Waals surface area contributed by atoms with Gasteiger partial charge in [0.2, 0.25) is 5.76 Å². The molecule has 0 bridgehead atoms. The Morgan fingerprint density at radius 2 is 2.08 bits per heavy atom. The molecule has 0 unspecified atom stereocenters. The van der Waals surface area contributed by atoms with Gasteiger partial charge in [-0.05, 0) is 18.6 Å². The summed E-state index contributed by atoms with van der Waals surface area (Å²) < 4.78 is 40.3. The molecule has 0 atom stereocenters. The molecular formula is C8H8F3O. The van der Waals surface area contributed by atoms with E-state index in [1.165, 1.54) is 6.07 Å². The van der Waals surface area contributed by atoms with Gasteiger partial charge in [-0.2, -0.15) is 13.2 Å². The zero-order valence-electron chi connectivity index (χ0n) is 6.48. The summed E-state index contributed by atoms with van der Waals surface area (Å²) in [7, 11) is 0. The summed E-state index contributed by atoms with van der Waals surface area (Å²) in [6.45, 7) is 1.83. The fraction of sp³-hybridized carbons (Fsp3) is 0.375. The lowest BCUT2D eigenvalue weighted by Crippen LogP contribution is -2.02. The number of rotatable bonds is 2. The summed E-state index contributed by atoms with van der Waals surface area (Å²) >= 11 is 0. The summed E-state index contributed by atoms with van der Waals surface area (Å²) in [5, 5.41) is 0. The van der Waals surface area contributed by atoms with Crippen molar-refractivity contribution in [3.05, 3.63) is 30.1 Å². The number of alkyl halides is 3. The topological polar surface area (TPSA) is 13.1 Å². The largest absolute Gasteiger partial charge is 0.456 e. The quantitative estimate of drug-likeness (QED) is 0.675. The zero-order chi connectivity index (χ0) is 9.19. The fourth-order valence-corrected chi connectivity index (χ4v) is 0.816. The summed E-state index contributed by atoms with van der Waals surface area (Å²) in [4.78, 5) is 0. The van der Waals surface area contributed by atoms with E-state index in [1.54, 1.807) is 6.42 Å². The lowest BCUT2D eigenvalue weighted by Gasteiger charge is -2.00. The molecule has 1 nitrogen and oxygen atoms in total. The van der Waals surface area contributed by atoms with Gasteiger partial charge in [-0.25, -0.2) is 0 Å². The van der Waals surface area contributed by atoms with Crippen LogP contribution in [0.5, 0.6) is 0 Å². The molecule has 67 valence electrons. The number of halogens is 3. The molecule has 0 aliphatic heterocycles. The minimum atomic E-state index is -4.38. The minimum absolute atomic E-state index is 0.268. The van der Waals surface area contributed by atoms with Crippen LogP contribution in [0.2, 0.25) is 0 Å². The highest BCUT2D eigenvalue weighted by atomic mass is 19.4. The molecule has 0 aliphatic carbocycles. The predicted octanol–water partition coefficient (Wildman–Crippen LogP) is 3.26. The van der Waals surface area contributed by atoms with E-state index in [1.807, 2.05) is 6.92 Å². The highest BCUT2D eigenvalue weighted by Crippen LogP contribution is 2.30. The van der Waals surface area contributed by atoms with Crippen LogP contribution in [0.25, 0.3) is 0 Å². The van der Waals surface area contributed by atoms with Gasteiger partial charge in [-0.3, -0.25) is 0 Å². The van der Waals surface area contributed by atoms with Crippen LogP contribution in [0, 0.1) is 6.42 Å². The average Bonchev–Trinajstić information content (AvgIpc) is 2.35. The molecule has 12 heavy (non-hydrogen) atoms. The third-order valence-electron chi connectivity index (χ3n) is 1.31. The monoisotopic (exact) mass is 177 g/mol. The van der Waals surface area contributed by atoms with Crippen molar-refractivity contribution in [1.29, 1.82) is 0 Å². The van der Waals surface area contributed by atoms with Crippen molar-refractivity contribution in [2.24, 2.45) is 0 Å². The second-order valence-corrected chi connectivity index (χ2v) is 2.31. The van der Waals surface area contributed by atoms with Gasteiger partial charge in [-0.1, -0.05) is 6.92 Å². The Morgan fingerprint density at radius 1 is 1.42 bits per heavy atom. The van der Waals surface area contributed by atoms with Gasteiger partial charge in [-0.15, -0.1) is 0 Å². The van der Waals surface area contributed by atoms with Gasteiger partial charge in [0.1, 0.15) is 5.76 Å². The molecule has 0 N–H and O–H groups in total. The fourth-order valence-electron chi connectivity index (χ4n) is 0.816. The Balaban J connectivity index is 2.77. The van der Waals surface area contributed by atoms with E-state index in [0.29, 0.717) is 6.42 Å². The van der Waals surface area contributed by atoms with Gasteiger partial charge in [0.15, 0.2) is 0 Å². The summed E-state index contributed by atoms with van der Waals surface area (Å²) in [6, 6.07) is 2.24. The summed E-state index contributed by atoms with van der Waals surface area (Å²) in [5.41, 5.74) is 0. The van der Waals surface area contributed by atoms with Crippen molar-refractivity contribution in [2.45, 2.75) is 19.5 Å². The van der Waals surface area contributed by atoms with Crippen LogP contribution in [0.15, 0.2) is 16.5 Å². The van der Waals surface area contributed by atoms with Gasteiger partial charge >= 0.3 is 6.18 Å². The molecule has 1 radical (unpaired) electrons. The van der Waals surface area contributed by atoms with Crippen LogP contribution in [0.1, 0.15) is 24.9 Å². The standard InChI is InChI=1S/C8H8F3O/c1-2-3-6-4-5-7(12-6)8(9,10)11/h3-5H,2H2,1H3. The molecular weight excluding hydrogens is 169 g/mol. The van der Waals surface area contributed by atoms with E-state index in [0.717, 1.165) is 6.07 Å². The molecule has 1 heterocycles. The Kier molecular flexibility index (Phi) is 2.45. The molecule has 0 fully saturated rings. The Morgan fingerprint density at radius 3 is 2.50 bits per heavy atom. The van der Waals surface area contributed by atoms with Gasteiger partial charge < -0.3 is 4.42 Å². The van der Waals surface area contributed by atoms with Crippen LogP contribution >= 0.6 is 0 Å². The van der Waals surface area contributed by atoms with E-state index >= 15 is 0 Å². The zero-order valence-corrected chi connectivity index (χ0v) is 6.48. The maximum Gasteiger partial charge on any atom is 0.449 e. The highest BCUT2D eigenvalue weighted by Gasteiger charge is 2.34. The van der Waals surface area contributed by atoms with E-state index in [9.17, 15) is 13.2 Å². The first-order valence-corrected chi connectivity index (χ1v) is 3.54. The lowest BCUT2D eigenvalue weighted by molar-refractivity contribution is -0.153. The van der Waals surface area contributed by atoms with Crippen molar-refractivity contribution in [2.75, 3.05) is 0 Å². The first-order chi connectivity index (χ1) is 5.54. The second kappa shape index (κ2) is 3.21. The van der Waals surface area contributed by atoms with Crippen LogP contribution < -0.4 is 0 Å². The van der Waals surface area contributed by atoms with Crippen LogP contribution in [0.4, 0.5) is 13.2 Å². The van der Waals surface area contributed by atoms with Crippen molar-refractivity contribution in [3.63, 3.8) is 0 Å². The van der Waals surface area contributed by atoms with Crippen molar-refractivity contribution in [3.8, 4) is 0 Å². The molecule has 4 heteroatoms. The van der Waals surface area contributed by atoms with Crippen molar-refractivity contribution in [1.82, 2.24) is 0 Å².